The van der Waals surface area contributed by atoms with Crippen LogP contribution in [-0.2, 0) is 14.8 Å². The first-order valence-corrected chi connectivity index (χ1v) is 8.89. The second-order valence-electron chi connectivity index (χ2n) is 4.97. The number of thiophene rings is 1. The minimum absolute atomic E-state index is 0.179. The number of aryl methyl sites for hydroxylation is 1. The van der Waals surface area contributed by atoms with E-state index in [0.29, 0.717) is 23.7 Å². The van der Waals surface area contributed by atoms with Gasteiger partial charge in [-0.05, 0) is 38.3 Å². The number of carboxylic acid groups (broad SMARTS) is 1. The minimum Gasteiger partial charge on any atom is -0.481 e. The molecule has 0 amide bonds. The molecule has 1 aromatic rings. The van der Waals surface area contributed by atoms with E-state index in [9.17, 15) is 18.3 Å². The Morgan fingerprint density at radius 1 is 1.55 bits per heavy atom. The normalized spacial score (nSPS) is 24.8. The first-order valence-electron chi connectivity index (χ1n) is 6.25. The van der Waals surface area contributed by atoms with Crippen LogP contribution in [0.2, 0.25) is 4.34 Å². The molecule has 2 atom stereocenters. The fourth-order valence-electron chi connectivity index (χ4n) is 2.46. The fraction of sp³-hybridized carbons (Fsp3) is 0.583. The first-order chi connectivity index (χ1) is 9.25. The number of rotatable bonds is 3. The van der Waals surface area contributed by atoms with Gasteiger partial charge in [0.1, 0.15) is 4.21 Å². The summed E-state index contributed by atoms with van der Waals surface area (Å²) in [6.45, 7) is 3.75. The lowest BCUT2D eigenvalue weighted by atomic mass is 9.92. The molecule has 0 radical (unpaired) electrons. The van der Waals surface area contributed by atoms with E-state index in [0.717, 1.165) is 16.9 Å². The Bertz CT molecular complexity index is 606. The molecule has 1 aliphatic rings. The number of carboxylic acids is 1. The number of nitrogens with zero attached hydrogens (tertiary/aromatic N) is 1. The van der Waals surface area contributed by atoms with Crippen molar-refractivity contribution in [3.05, 3.63) is 16.0 Å². The summed E-state index contributed by atoms with van der Waals surface area (Å²) in [5.41, 5.74) is 0.717. The maximum atomic E-state index is 12.6. The third kappa shape index (κ3) is 2.72. The van der Waals surface area contributed by atoms with Gasteiger partial charge < -0.3 is 5.11 Å². The van der Waals surface area contributed by atoms with E-state index >= 15 is 0 Å². The van der Waals surface area contributed by atoms with Crippen molar-refractivity contribution in [1.29, 1.82) is 0 Å². The third-order valence-electron chi connectivity index (χ3n) is 3.64. The molecule has 8 heteroatoms. The summed E-state index contributed by atoms with van der Waals surface area (Å²) in [7, 11) is -3.68. The number of aliphatic carboxylic acids is 1. The van der Waals surface area contributed by atoms with Crippen molar-refractivity contribution >= 4 is 38.9 Å². The zero-order chi connectivity index (χ0) is 15.1. The summed E-state index contributed by atoms with van der Waals surface area (Å²) >= 11 is 6.95. The average Bonchev–Trinajstić information content (AvgIpc) is 2.70. The maximum absolute atomic E-state index is 12.6. The fourth-order valence-corrected chi connectivity index (χ4v) is 6.00. The van der Waals surface area contributed by atoms with Crippen molar-refractivity contribution in [3.8, 4) is 0 Å². The van der Waals surface area contributed by atoms with Crippen molar-refractivity contribution in [2.24, 2.45) is 5.92 Å². The highest BCUT2D eigenvalue weighted by atomic mass is 35.5. The van der Waals surface area contributed by atoms with Crippen LogP contribution in [0.1, 0.15) is 25.3 Å². The topological polar surface area (TPSA) is 74.7 Å². The molecular weight excluding hydrogens is 322 g/mol. The molecule has 1 N–H and O–H groups in total. The molecule has 1 fully saturated rings. The minimum atomic E-state index is -3.68. The monoisotopic (exact) mass is 337 g/mol. The van der Waals surface area contributed by atoms with Crippen molar-refractivity contribution in [3.63, 3.8) is 0 Å². The predicted octanol–water partition coefficient (Wildman–Crippen LogP) is 2.58. The Kier molecular flexibility index (Phi) is 4.44. The summed E-state index contributed by atoms with van der Waals surface area (Å²) in [4.78, 5) is 11.2. The largest absolute Gasteiger partial charge is 0.481 e. The SMILES string of the molecule is Cc1cc(S(=O)(=O)N2CCC[C@@H](C(=O)O)[C@H]2C)sc1Cl. The predicted molar refractivity (Wildman–Crippen MR) is 77.8 cm³/mol. The zero-order valence-electron chi connectivity index (χ0n) is 11.2. The second-order valence-corrected chi connectivity index (χ2v) is 8.74. The third-order valence-corrected chi connectivity index (χ3v) is 7.64. The average molecular weight is 338 g/mol. The van der Waals surface area contributed by atoms with Crippen LogP contribution >= 0.6 is 22.9 Å². The van der Waals surface area contributed by atoms with Gasteiger partial charge >= 0.3 is 5.97 Å². The molecule has 112 valence electrons. The van der Waals surface area contributed by atoms with E-state index in [4.69, 9.17) is 11.6 Å². The van der Waals surface area contributed by atoms with Crippen molar-refractivity contribution < 1.29 is 18.3 Å². The lowest BCUT2D eigenvalue weighted by Crippen LogP contribution is -2.48. The number of hydrogen-bond donors (Lipinski definition) is 1. The van der Waals surface area contributed by atoms with Crippen LogP contribution < -0.4 is 0 Å². The standard InChI is InChI=1S/C12H16ClNO4S2/c1-7-6-10(19-11(7)13)20(17,18)14-5-3-4-9(8(14)2)12(15)16/h6,8-9H,3-5H2,1-2H3,(H,15,16)/t8-,9-/m1/s1. The molecule has 0 unspecified atom stereocenters. The van der Waals surface area contributed by atoms with Gasteiger partial charge in [-0.1, -0.05) is 11.6 Å². The van der Waals surface area contributed by atoms with Crippen molar-refractivity contribution in [2.45, 2.75) is 36.9 Å². The van der Waals surface area contributed by atoms with Crippen LogP contribution in [0.25, 0.3) is 0 Å². The van der Waals surface area contributed by atoms with Gasteiger partial charge in [-0.25, -0.2) is 8.42 Å². The number of halogens is 1. The van der Waals surface area contributed by atoms with Gasteiger partial charge in [0.2, 0.25) is 0 Å². The molecule has 0 spiro atoms. The molecule has 0 aliphatic carbocycles. The highest BCUT2D eigenvalue weighted by Gasteiger charge is 2.40. The van der Waals surface area contributed by atoms with E-state index in [1.165, 1.54) is 4.31 Å². The molecule has 20 heavy (non-hydrogen) atoms. The van der Waals surface area contributed by atoms with Crippen molar-refractivity contribution in [2.75, 3.05) is 6.54 Å². The van der Waals surface area contributed by atoms with Crippen LogP contribution in [-0.4, -0.2) is 36.4 Å². The Morgan fingerprint density at radius 2 is 2.20 bits per heavy atom. The number of sulfonamides is 1. The Hall–Kier alpha value is -0.630. The van der Waals surface area contributed by atoms with Crippen molar-refractivity contribution in [1.82, 2.24) is 4.31 Å². The van der Waals surface area contributed by atoms with Crippen LogP contribution in [0, 0.1) is 12.8 Å². The molecular formula is C12H16ClNO4S2. The van der Waals surface area contributed by atoms with E-state index in [1.54, 1.807) is 19.9 Å². The van der Waals surface area contributed by atoms with Crippen LogP contribution in [0.15, 0.2) is 10.3 Å². The highest BCUT2D eigenvalue weighted by molar-refractivity contribution is 7.91. The second kappa shape index (κ2) is 5.63. The summed E-state index contributed by atoms with van der Waals surface area (Å²) < 4.78 is 27.1. The summed E-state index contributed by atoms with van der Waals surface area (Å²) in [6.07, 6.45) is 1.06. The molecule has 0 aromatic carbocycles. The van der Waals surface area contributed by atoms with Gasteiger partial charge in [0.05, 0.1) is 10.3 Å². The quantitative estimate of drug-likeness (QED) is 0.919. The van der Waals surface area contributed by atoms with Crippen LogP contribution in [0.4, 0.5) is 0 Å². The van der Waals surface area contributed by atoms with Gasteiger partial charge in [-0.15, -0.1) is 11.3 Å². The maximum Gasteiger partial charge on any atom is 0.308 e. The van der Waals surface area contributed by atoms with E-state index in [2.05, 4.69) is 0 Å². The lowest BCUT2D eigenvalue weighted by Gasteiger charge is -2.35. The van der Waals surface area contributed by atoms with Gasteiger partial charge in [-0.3, -0.25) is 4.79 Å². The number of carbonyl (C=O) groups is 1. The number of piperidine rings is 1. The zero-order valence-corrected chi connectivity index (χ0v) is 13.6. The Balaban J connectivity index is 2.36. The molecule has 2 rings (SSSR count). The lowest BCUT2D eigenvalue weighted by molar-refractivity contribution is -0.144. The molecule has 1 saturated heterocycles. The molecule has 1 aliphatic heterocycles. The molecule has 2 heterocycles. The molecule has 5 nitrogen and oxygen atoms in total. The van der Waals surface area contributed by atoms with Gasteiger partial charge in [0.15, 0.2) is 0 Å². The van der Waals surface area contributed by atoms with Crippen LogP contribution in [0.5, 0.6) is 0 Å². The highest BCUT2D eigenvalue weighted by Crippen LogP contribution is 2.35. The molecule has 0 bridgehead atoms. The molecule has 0 saturated carbocycles. The van der Waals surface area contributed by atoms with E-state index in [-0.39, 0.29) is 4.21 Å². The van der Waals surface area contributed by atoms with Gasteiger partial charge in [0, 0.05) is 12.6 Å². The molecule has 1 aromatic heterocycles. The van der Waals surface area contributed by atoms with Gasteiger partial charge in [-0.2, -0.15) is 4.31 Å². The Labute approximate surface area is 127 Å². The van der Waals surface area contributed by atoms with E-state index in [1.807, 2.05) is 0 Å². The summed E-state index contributed by atoms with van der Waals surface area (Å²) in [5, 5.41) is 9.17. The first kappa shape index (κ1) is 15.8. The van der Waals surface area contributed by atoms with E-state index < -0.39 is 28.0 Å². The Morgan fingerprint density at radius 3 is 2.70 bits per heavy atom. The number of hydrogen-bond acceptors (Lipinski definition) is 4. The van der Waals surface area contributed by atoms with Crippen LogP contribution in [0.3, 0.4) is 0 Å². The smallest absolute Gasteiger partial charge is 0.308 e. The van der Waals surface area contributed by atoms with Gasteiger partial charge in [0.25, 0.3) is 10.0 Å². The summed E-state index contributed by atoms with van der Waals surface area (Å²) in [5.74, 6) is -1.60. The summed E-state index contributed by atoms with van der Waals surface area (Å²) in [6, 6.07) is 0.992.